The molecule has 1 saturated carbocycles. The maximum Gasteiger partial charge on any atom is 0.271 e. The third kappa shape index (κ3) is 3.15. The van der Waals surface area contributed by atoms with Crippen LogP contribution in [0.25, 0.3) is 0 Å². The number of rotatable bonds is 4. The maximum absolute atomic E-state index is 12.2. The molecule has 4 nitrogen and oxygen atoms in total. The number of pyridine rings is 1. The van der Waals surface area contributed by atoms with Gasteiger partial charge in [-0.25, -0.2) is 4.98 Å². The summed E-state index contributed by atoms with van der Waals surface area (Å²) in [4.78, 5) is 18.5. The second kappa shape index (κ2) is 6.01. The second-order valence-corrected chi connectivity index (χ2v) is 6.20. The van der Waals surface area contributed by atoms with Crippen LogP contribution in [0.15, 0.2) is 22.8 Å². The van der Waals surface area contributed by atoms with Gasteiger partial charge in [-0.15, -0.1) is 0 Å². The number of hydrogen-bond acceptors (Lipinski definition) is 3. The first kappa shape index (κ1) is 14.5. The monoisotopic (exact) mass is 325 g/mol. The lowest BCUT2D eigenvalue weighted by atomic mass is 9.96. The van der Waals surface area contributed by atoms with Gasteiger partial charge in [-0.2, -0.15) is 0 Å². The molecule has 0 aliphatic heterocycles. The molecule has 5 heteroatoms. The SMILES string of the molecule is CN(C)C1(CNC(=O)c2ncccc2Br)CCCC1. The molecule has 0 aromatic carbocycles. The molecule has 19 heavy (non-hydrogen) atoms. The predicted molar refractivity (Wildman–Crippen MR) is 79.2 cm³/mol. The summed E-state index contributed by atoms with van der Waals surface area (Å²) in [6, 6.07) is 3.64. The minimum absolute atomic E-state index is 0.108. The quantitative estimate of drug-likeness (QED) is 0.924. The van der Waals surface area contributed by atoms with E-state index in [4.69, 9.17) is 0 Å². The number of hydrogen-bond donors (Lipinski definition) is 1. The number of carbonyl (C=O) groups excluding carboxylic acids is 1. The molecule has 1 N–H and O–H groups in total. The minimum Gasteiger partial charge on any atom is -0.349 e. The maximum atomic E-state index is 12.2. The van der Waals surface area contributed by atoms with E-state index in [0.29, 0.717) is 12.2 Å². The molecule has 1 fully saturated rings. The molecule has 1 aromatic rings. The summed E-state index contributed by atoms with van der Waals surface area (Å²) in [5.74, 6) is -0.111. The van der Waals surface area contributed by atoms with Gasteiger partial charge in [0, 0.05) is 22.8 Å². The first-order chi connectivity index (χ1) is 9.05. The lowest BCUT2D eigenvalue weighted by molar-refractivity contribution is 0.0894. The Morgan fingerprint density at radius 1 is 1.47 bits per heavy atom. The average Bonchev–Trinajstić information content (AvgIpc) is 2.86. The van der Waals surface area contributed by atoms with Gasteiger partial charge in [-0.1, -0.05) is 12.8 Å². The van der Waals surface area contributed by atoms with Gasteiger partial charge in [0.05, 0.1) is 0 Å². The highest BCUT2D eigenvalue weighted by Gasteiger charge is 2.36. The molecule has 0 unspecified atom stereocenters. The van der Waals surface area contributed by atoms with E-state index >= 15 is 0 Å². The van der Waals surface area contributed by atoms with Crippen molar-refractivity contribution in [3.05, 3.63) is 28.5 Å². The van der Waals surface area contributed by atoms with Crippen LogP contribution >= 0.6 is 15.9 Å². The first-order valence-electron chi connectivity index (χ1n) is 6.61. The van der Waals surface area contributed by atoms with E-state index in [9.17, 15) is 4.79 Å². The summed E-state index contributed by atoms with van der Waals surface area (Å²) in [6.45, 7) is 0.682. The third-order valence-electron chi connectivity index (χ3n) is 4.03. The number of aromatic nitrogens is 1. The van der Waals surface area contributed by atoms with Crippen molar-refractivity contribution in [2.75, 3.05) is 20.6 Å². The minimum atomic E-state index is -0.111. The predicted octanol–water partition coefficient (Wildman–Crippen LogP) is 2.45. The normalized spacial score (nSPS) is 17.7. The van der Waals surface area contributed by atoms with Gasteiger partial charge in [-0.3, -0.25) is 4.79 Å². The standard InChI is InChI=1S/C14H20BrN3O/c1-18(2)14(7-3-4-8-14)10-17-13(19)12-11(15)6-5-9-16-12/h5-6,9H,3-4,7-8,10H2,1-2H3,(H,17,19). The Balaban J connectivity index is 2.02. The van der Waals surface area contributed by atoms with E-state index in [1.54, 1.807) is 12.3 Å². The molecule has 1 heterocycles. The fourth-order valence-electron chi connectivity index (χ4n) is 2.70. The fourth-order valence-corrected chi connectivity index (χ4v) is 3.13. The Bertz CT molecular complexity index is 456. The van der Waals surface area contributed by atoms with Gasteiger partial charge in [0.2, 0.25) is 0 Å². The van der Waals surface area contributed by atoms with Gasteiger partial charge >= 0.3 is 0 Å². The van der Waals surface area contributed by atoms with Crippen LogP contribution in [0.3, 0.4) is 0 Å². The summed E-state index contributed by atoms with van der Waals surface area (Å²) < 4.78 is 0.734. The Morgan fingerprint density at radius 3 is 2.74 bits per heavy atom. The van der Waals surface area contributed by atoms with Crippen molar-refractivity contribution in [1.82, 2.24) is 15.2 Å². The van der Waals surface area contributed by atoms with Crippen LogP contribution in [-0.4, -0.2) is 42.0 Å². The van der Waals surface area contributed by atoms with Crippen LogP contribution in [0.5, 0.6) is 0 Å². The summed E-state index contributed by atoms with van der Waals surface area (Å²) in [5.41, 5.74) is 0.561. The highest BCUT2D eigenvalue weighted by atomic mass is 79.9. The average molecular weight is 326 g/mol. The topological polar surface area (TPSA) is 45.2 Å². The van der Waals surface area contributed by atoms with E-state index in [1.165, 1.54) is 12.8 Å². The molecule has 0 saturated heterocycles. The second-order valence-electron chi connectivity index (χ2n) is 5.34. The number of carbonyl (C=O) groups is 1. The van der Waals surface area contributed by atoms with Gasteiger partial charge in [-0.05, 0) is 55.0 Å². The van der Waals surface area contributed by atoms with E-state index in [2.05, 4.69) is 45.2 Å². The van der Waals surface area contributed by atoms with Gasteiger partial charge in [0.1, 0.15) is 5.69 Å². The van der Waals surface area contributed by atoms with Crippen molar-refractivity contribution in [2.45, 2.75) is 31.2 Å². The summed E-state index contributed by atoms with van der Waals surface area (Å²) in [5, 5.41) is 3.03. The van der Waals surface area contributed by atoms with Crippen molar-refractivity contribution in [3.63, 3.8) is 0 Å². The van der Waals surface area contributed by atoms with E-state index < -0.39 is 0 Å². The zero-order valence-corrected chi connectivity index (χ0v) is 13.0. The van der Waals surface area contributed by atoms with Crippen LogP contribution in [-0.2, 0) is 0 Å². The molecule has 1 aromatic heterocycles. The number of halogens is 1. The highest BCUT2D eigenvalue weighted by Crippen LogP contribution is 2.33. The molecule has 2 rings (SSSR count). The van der Waals surface area contributed by atoms with Crippen molar-refractivity contribution >= 4 is 21.8 Å². The van der Waals surface area contributed by atoms with Crippen LogP contribution in [0.2, 0.25) is 0 Å². The van der Waals surface area contributed by atoms with Crippen LogP contribution in [0.1, 0.15) is 36.2 Å². The third-order valence-corrected chi connectivity index (χ3v) is 4.67. The molecule has 0 bridgehead atoms. The molecule has 0 spiro atoms. The molecule has 1 amide bonds. The van der Waals surface area contributed by atoms with Gasteiger partial charge in [0.15, 0.2) is 0 Å². The van der Waals surface area contributed by atoms with Crippen LogP contribution in [0.4, 0.5) is 0 Å². The van der Waals surface area contributed by atoms with Crippen LogP contribution < -0.4 is 5.32 Å². The zero-order chi connectivity index (χ0) is 13.9. The molecule has 0 atom stereocenters. The fraction of sp³-hybridized carbons (Fsp3) is 0.571. The Kier molecular flexibility index (Phi) is 4.58. The first-order valence-corrected chi connectivity index (χ1v) is 7.41. The van der Waals surface area contributed by atoms with E-state index in [-0.39, 0.29) is 11.4 Å². The van der Waals surface area contributed by atoms with E-state index in [0.717, 1.165) is 17.3 Å². The number of nitrogens with zero attached hydrogens (tertiary/aromatic N) is 2. The summed E-state index contributed by atoms with van der Waals surface area (Å²) in [7, 11) is 4.18. The smallest absolute Gasteiger partial charge is 0.271 e. The molecule has 1 aliphatic carbocycles. The molecular weight excluding hydrogens is 306 g/mol. The van der Waals surface area contributed by atoms with E-state index in [1.807, 2.05) is 6.07 Å². The summed E-state index contributed by atoms with van der Waals surface area (Å²) in [6.07, 6.45) is 6.40. The highest BCUT2D eigenvalue weighted by molar-refractivity contribution is 9.10. The van der Waals surface area contributed by atoms with Crippen molar-refractivity contribution in [2.24, 2.45) is 0 Å². The molecule has 104 valence electrons. The Morgan fingerprint density at radius 2 is 2.16 bits per heavy atom. The van der Waals surface area contributed by atoms with Gasteiger partial charge in [0.25, 0.3) is 5.91 Å². The number of likely N-dealkylation sites (N-methyl/N-ethyl adjacent to an activating group) is 1. The number of nitrogens with one attached hydrogen (secondary N) is 1. The zero-order valence-electron chi connectivity index (χ0n) is 11.4. The largest absolute Gasteiger partial charge is 0.349 e. The Labute approximate surface area is 122 Å². The van der Waals surface area contributed by atoms with Crippen LogP contribution in [0, 0.1) is 0 Å². The molecular formula is C14H20BrN3O. The van der Waals surface area contributed by atoms with Crippen molar-refractivity contribution < 1.29 is 4.79 Å². The molecule has 1 aliphatic rings. The summed E-state index contributed by atoms with van der Waals surface area (Å²) >= 11 is 3.36. The van der Waals surface area contributed by atoms with Crippen molar-refractivity contribution in [1.29, 1.82) is 0 Å². The lowest BCUT2D eigenvalue weighted by Gasteiger charge is -2.36. The number of amides is 1. The molecule has 0 radical (unpaired) electrons. The van der Waals surface area contributed by atoms with Crippen molar-refractivity contribution in [3.8, 4) is 0 Å². The lowest BCUT2D eigenvalue weighted by Crippen LogP contribution is -2.50. The Hall–Kier alpha value is -0.940. The van der Waals surface area contributed by atoms with Gasteiger partial charge < -0.3 is 10.2 Å².